The number of fused-ring (bicyclic) bond motifs is 3. The third-order valence-corrected chi connectivity index (χ3v) is 5.71. The molecule has 4 rings (SSSR count). The molecule has 2 nitrogen and oxygen atoms in total. The van der Waals surface area contributed by atoms with Crippen LogP contribution in [-0.4, -0.2) is 10.9 Å². The number of halogens is 2. The number of rotatable bonds is 0. The van der Waals surface area contributed by atoms with Crippen molar-refractivity contribution in [2.24, 2.45) is 0 Å². The molecular weight excluding hydrogens is 331 g/mol. The van der Waals surface area contributed by atoms with Gasteiger partial charge in [-0.25, -0.2) is 0 Å². The number of carbonyl (C=O) groups excluding carboxylic acids is 1. The Morgan fingerprint density at radius 1 is 1.04 bits per heavy atom. The summed E-state index contributed by atoms with van der Waals surface area (Å²) in [5.41, 5.74) is 4.89. The first-order valence-corrected chi connectivity index (χ1v) is 8.16. The van der Waals surface area contributed by atoms with E-state index in [1.165, 1.54) is 0 Å². The van der Waals surface area contributed by atoms with E-state index in [0.717, 1.165) is 27.8 Å². The first kappa shape index (κ1) is 14.8. The molecule has 0 bridgehead atoms. The monoisotopic (exact) mass is 344 g/mol. The molecule has 0 amide bonds. The fraction of sp³-hybridized carbons (Fsp3) is 0.211. The van der Waals surface area contributed by atoms with E-state index in [0.29, 0.717) is 22.0 Å². The largest absolute Gasteiger partial charge is 0.508 e. The van der Waals surface area contributed by atoms with E-state index in [1.807, 2.05) is 6.07 Å². The van der Waals surface area contributed by atoms with Crippen molar-refractivity contribution in [2.45, 2.75) is 25.7 Å². The average Bonchev–Trinajstić information content (AvgIpc) is 2.85. The maximum atomic E-state index is 13.0. The topological polar surface area (TPSA) is 37.3 Å². The van der Waals surface area contributed by atoms with E-state index in [1.54, 1.807) is 24.3 Å². The zero-order chi connectivity index (χ0) is 16.5. The fourth-order valence-corrected chi connectivity index (χ4v) is 4.10. The molecule has 2 aliphatic carbocycles. The van der Waals surface area contributed by atoms with Crippen LogP contribution in [0.1, 0.15) is 40.9 Å². The van der Waals surface area contributed by atoms with Crippen LogP contribution in [0.3, 0.4) is 0 Å². The Balaban J connectivity index is 2.00. The van der Waals surface area contributed by atoms with Crippen molar-refractivity contribution in [2.75, 3.05) is 0 Å². The lowest BCUT2D eigenvalue weighted by molar-refractivity contribution is 0.105. The van der Waals surface area contributed by atoms with Crippen LogP contribution in [0, 0.1) is 0 Å². The summed E-state index contributed by atoms with van der Waals surface area (Å²) in [6, 6.07) is 8.60. The summed E-state index contributed by atoms with van der Waals surface area (Å²) in [5.74, 6) is 0.168. The summed E-state index contributed by atoms with van der Waals surface area (Å²) in [5, 5.41) is 10.8. The van der Waals surface area contributed by atoms with Gasteiger partial charge in [0.15, 0.2) is 5.78 Å². The number of hydrogen-bond acceptors (Lipinski definition) is 2. The van der Waals surface area contributed by atoms with Gasteiger partial charge < -0.3 is 5.11 Å². The highest BCUT2D eigenvalue weighted by molar-refractivity contribution is 6.42. The molecule has 2 aromatic carbocycles. The van der Waals surface area contributed by atoms with Crippen LogP contribution >= 0.6 is 23.2 Å². The van der Waals surface area contributed by atoms with E-state index in [-0.39, 0.29) is 16.9 Å². The van der Waals surface area contributed by atoms with Crippen LogP contribution in [0.25, 0.3) is 5.57 Å². The van der Waals surface area contributed by atoms with Gasteiger partial charge in [0.1, 0.15) is 5.75 Å². The summed E-state index contributed by atoms with van der Waals surface area (Å²) in [6.07, 6.45) is 0.676. The molecule has 1 N–H and O–H groups in total. The molecule has 0 saturated carbocycles. The van der Waals surface area contributed by atoms with Crippen LogP contribution in [0.15, 0.2) is 35.9 Å². The zero-order valence-corrected chi connectivity index (χ0v) is 14.2. The Bertz CT molecular complexity index is 923. The predicted molar refractivity (Wildman–Crippen MR) is 92.5 cm³/mol. The minimum absolute atomic E-state index is 0.00790. The molecule has 2 aromatic rings. The number of hydrogen-bond donors (Lipinski definition) is 1. The van der Waals surface area contributed by atoms with Gasteiger partial charge in [-0.05, 0) is 59.0 Å². The highest BCUT2D eigenvalue weighted by atomic mass is 35.5. The first-order valence-electron chi connectivity index (χ1n) is 7.41. The van der Waals surface area contributed by atoms with Crippen molar-refractivity contribution in [1.82, 2.24) is 0 Å². The lowest BCUT2D eigenvalue weighted by Crippen LogP contribution is -2.29. The first-order chi connectivity index (χ1) is 10.8. The van der Waals surface area contributed by atoms with Crippen LogP contribution in [-0.2, 0) is 11.8 Å². The molecule has 0 fully saturated rings. The molecule has 0 heterocycles. The molecule has 0 aliphatic heterocycles. The molecule has 0 radical (unpaired) electrons. The molecule has 0 saturated heterocycles. The fourth-order valence-electron chi connectivity index (χ4n) is 3.75. The number of Topliss-reactive ketones (excluding diaryl/α,β-unsaturated/α-hetero) is 1. The highest BCUT2D eigenvalue weighted by Crippen LogP contribution is 2.51. The number of carbonyl (C=O) groups is 1. The van der Waals surface area contributed by atoms with Crippen molar-refractivity contribution < 1.29 is 9.90 Å². The third kappa shape index (κ3) is 1.92. The normalized spacial score (nSPS) is 17.8. The summed E-state index contributed by atoms with van der Waals surface area (Å²) in [7, 11) is 0. The Morgan fingerprint density at radius 3 is 2.48 bits per heavy atom. The Morgan fingerprint density at radius 2 is 1.74 bits per heavy atom. The van der Waals surface area contributed by atoms with Gasteiger partial charge in [0.25, 0.3) is 0 Å². The molecule has 0 unspecified atom stereocenters. The number of aromatic hydroxyl groups is 1. The summed E-state index contributed by atoms with van der Waals surface area (Å²) < 4.78 is 0. The Kier molecular flexibility index (Phi) is 2.97. The van der Waals surface area contributed by atoms with E-state index in [2.05, 4.69) is 13.8 Å². The maximum absolute atomic E-state index is 13.0. The number of ketones is 1. The lowest BCUT2D eigenvalue weighted by Gasteiger charge is -2.34. The van der Waals surface area contributed by atoms with Crippen LogP contribution in [0.5, 0.6) is 5.75 Å². The maximum Gasteiger partial charge on any atom is 0.193 e. The second-order valence-electron chi connectivity index (χ2n) is 6.64. The zero-order valence-electron chi connectivity index (χ0n) is 12.7. The number of benzene rings is 2. The van der Waals surface area contributed by atoms with Gasteiger partial charge in [-0.3, -0.25) is 4.79 Å². The van der Waals surface area contributed by atoms with E-state index in [4.69, 9.17) is 23.2 Å². The molecule has 0 spiro atoms. The van der Waals surface area contributed by atoms with Crippen molar-refractivity contribution in [3.8, 4) is 5.75 Å². The summed E-state index contributed by atoms with van der Waals surface area (Å²) in [4.78, 5) is 13.0. The molecule has 0 aromatic heterocycles. The van der Waals surface area contributed by atoms with Gasteiger partial charge in [0.2, 0.25) is 0 Å². The third-order valence-electron chi connectivity index (χ3n) is 4.99. The van der Waals surface area contributed by atoms with Crippen molar-refractivity contribution in [3.05, 3.63) is 68.2 Å². The molecule has 23 heavy (non-hydrogen) atoms. The predicted octanol–water partition coefficient (Wildman–Crippen LogP) is 5.18. The summed E-state index contributed by atoms with van der Waals surface area (Å²) >= 11 is 12.3. The van der Waals surface area contributed by atoms with Crippen LogP contribution in [0.4, 0.5) is 0 Å². The second-order valence-corrected chi connectivity index (χ2v) is 7.45. The average molecular weight is 345 g/mol. The van der Waals surface area contributed by atoms with E-state index in [9.17, 15) is 9.90 Å². The highest BCUT2D eigenvalue weighted by Gasteiger charge is 2.43. The van der Waals surface area contributed by atoms with Gasteiger partial charge in [0.05, 0.1) is 10.0 Å². The standard InChI is InChI=1S/C19H14Cl2O2/c1-19(2)13-7-10(22)3-4-11(13)18(23)17-12-8-16(21)15(20)6-9(12)5-14(17)19/h3-4,6-8,22H,5H2,1-2H3. The van der Waals surface area contributed by atoms with E-state index >= 15 is 0 Å². The SMILES string of the molecule is CC1(C)C2=C(C(=O)c3ccc(O)cc31)c1cc(Cl)c(Cl)cc1C2. The molecule has 0 atom stereocenters. The Labute approximate surface area is 144 Å². The summed E-state index contributed by atoms with van der Waals surface area (Å²) in [6.45, 7) is 4.17. The van der Waals surface area contributed by atoms with Crippen molar-refractivity contribution >= 4 is 34.6 Å². The smallest absolute Gasteiger partial charge is 0.193 e. The number of allylic oxidation sites excluding steroid dienone is 2. The van der Waals surface area contributed by atoms with Gasteiger partial charge in [-0.15, -0.1) is 0 Å². The lowest BCUT2D eigenvalue weighted by atomic mass is 9.68. The second kappa shape index (κ2) is 4.62. The number of phenols is 1. The minimum Gasteiger partial charge on any atom is -0.508 e. The molecular formula is C19H14Cl2O2. The van der Waals surface area contributed by atoms with Gasteiger partial charge in [-0.2, -0.15) is 0 Å². The van der Waals surface area contributed by atoms with Gasteiger partial charge in [0, 0.05) is 16.6 Å². The molecule has 116 valence electrons. The number of phenolic OH excluding ortho intramolecular Hbond substituents is 1. The van der Waals surface area contributed by atoms with Crippen molar-refractivity contribution in [1.29, 1.82) is 0 Å². The van der Waals surface area contributed by atoms with E-state index < -0.39 is 0 Å². The quantitative estimate of drug-likeness (QED) is 0.714. The van der Waals surface area contributed by atoms with Crippen LogP contribution in [0.2, 0.25) is 10.0 Å². The minimum atomic E-state index is -0.338. The van der Waals surface area contributed by atoms with Gasteiger partial charge >= 0.3 is 0 Å². The molecule has 4 heteroatoms. The molecule has 2 aliphatic rings. The van der Waals surface area contributed by atoms with Gasteiger partial charge in [-0.1, -0.05) is 37.0 Å². The van der Waals surface area contributed by atoms with Crippen LogP contribution < -0.4 is 0 Å². The van der Waals surface area contributed by atoms with Crippen molar-refractivity contribution in [3.63, 3.8) is 0 Å². The Hall–Kier alpha value is -1.77.